The molecular formula is C18H12ClF4N3S. The Balaban J connectivity index is 2.21. The first-order chi connectivity index (χ1) is 12.6. The third kappa shape index (κ3) is 4.51. The zero-order valence-corrected chi connectivity index (χ0v) is 15.7. The molecule has 3 nitrogen and oxygen atoms in total. The predicted molar refractivity (Wildman–Crippen MR) is 97.5 cm³/mol. The first-order valence-corrected chi connectivity index (χ1v) is 8.86. The summed E-state index contributed by atoms with van der Waals surface area (Å²) in [4.78, 5) is 13.7. The summed E-state index contributed by atoms with van der Waals surface area (Å²) in [6.07, 6.45) is -3.35. The van der Waals surface area contributed by atoms with Gasteiger partial charge in [0.2, 0.25) is 5.13 Å². The number of hydrogen-bond acceptors (Lipinski definition) is 4. The number of aromatic nitrogens is 2. The van der Waals surface area contributed by atoms with Gasteiger partial charge in [0.25, 0.3) is 0 Å². The molecule has 9 heteroatoms. The minimum atomic E-state index is -4.69. The second kappa shape index (κ2) is 7.36. The van der Waals surface area contributed by atoms with Crippen molar-refractivity contribution in [1.29, 1.82) is 0 Å². The molecule has 0 aliphatic carbocycles. The SMILES string of the molecule is Cc1nc(/N=C(/c2cc(F)cc(C(F)(F)F)c2)c2ccc(Cl)cn2)sc1C. The molecule has 2 heterocycles. The highest BCUT2D eigenvalue weighted by atomic mass is 35.5. The van der Waals surface area contributed by atoms with Crippen molar-refractivity contribution >= 4 is 33.8 Å². The Bertz CT molecular complexity index is 991. The van der Waals surface area contributed by atoms with Crippen LogP contribution in [-0.4, -0.2) is 15.7 Å². The maximum atomic E-state index is 13.9. The molecule has 2 aromatic heterocycles. The van der Waals surface area contributed by atoms with Crippen LogP contribution in [0.15, 0.2) is 41.5 Å². The molecule has 0 fully saturated rings. The van der Waals surface area contributed by atoms with E-state index >= 15 is 0 Å². The molecule has 0 saturated carbocycles. The van der Waals surface area contributed by atoms with Crippen molar-refractivity contribution in [2.75, 3.05) is 0 Å². The lowest BCUT2D eigenvalue weighted by atomic mass is 10.0. The highest BCUT2D eigenvalue weighted by Crippen LogP contribution is 2.32. The van der Waals surface area contributed by atoms with Crippen LogP contribution in [-0.2, 0) is 6.18 Å². The van der Waals surface area contributed by atoms with Gasteiger partial charge in [-0.05, 0) is 44.2 Å². The highest BCUT2D eigenvalue weighted by Gasteiger charge is 2.32. The fourth-order valence-corrected chi connectivity index (χ4v) is 3.17. The number of halogens is 5. The molecule has 0 N–H and O–H groups in total. The molecule has 0 unspecified atom stereocenters. The maximum Gasteiger partial charge on any atom is 0.416 e. The van der Waals surface area contributed by atoms with Gasteiger partial charge in [-0.15, -0.1) is 0 Å². The summed E-state index contributed by atoms with van der Waals surface area (Å²) in [6.45, 7) is 3.66. The largest absolute Gasteiger partial charge is 0.416 e. The molecule has 0 saturated heterocycles. The average Bonchev–Trinajstić information content (AvgIpc) is 2.90. The first kappa shape index (κ1) is 19.4. The summed E-state index contributed by atoms with van der Waals surface area (Å²) in [5.41, 5.74) is -0.0697. The Morgan fingerprint density at radius 3 is 2.44 bits per heavy atom. The molecule has 0 bridgehead atoms. The van der Waals surface area contributed by atoms with Crippen molar-refractivity contribution in [3.63, 3.8) is 0 Å². The van der Waals surface area contributed by atoms with Crippen LogP contribution in [0.2, 0.25) is 5.02 Å². The highest BCUT2D eigenvalue weighted by molar-refractivity contribution is 7.15. The van der Waals surface area contributed by atoms with Crippen molar-refractivity contribution in [3.05, 3.63) is 74.8 Å². The number of aliphatic imine (C=N–C) groups is 1. The van der Waals surface area contributed by atoms with Gasteiger partial charge in [0.15, 0.2) is 0 Å². The quantitative estimate of drug-likeness (QED) is 0.382. The smallest absolute Gasteiger partial charge is 0.253 e. The molecule has 140 valence electrons. The summed E-state index contributed by atoms with van der Waals surface area (Å²) >= 11 is 7.12. The molecule has 0 atom stereocenters. The van der Waals surface area contributed by atoms with Crippen molar-refractivity contribution < 1.29 is 17.6 Å². The lowest BCUT2D eigenvalue weighted by Gasteiger charge is -2.11. The van der Waals surface area contributed by atoms with Crippen LogP contribution in [0.5, 0.6) is 0 Å². The summed E-state index contributed by atoms with van der Waals surface area (Å²) in [5.74, 6) is -1.02. The number of hydrogen-bond donors (Lipinski definition) is 0. The molecule has 0 spiro atoms. The van der Waals surface area contributed by atoms with E-state index in [0.29, 0.717) is 16.2 Å². The van der Waals surface area contributed by atoms with E-state index < -0.39 is 17.6 Å². The summed E-state index contributed by atoms with van der Waals surface area (Å²) in [6, 6.07) is 5.30. The van der Waals surface area contributed by atoms with E-state index in [1.165, 1.54) is 29.7 Å². The summed E-state index contributed by atoms with van der Waals surface area (Å²) in [7, 11) is 0. The standard InChI is InChI=1S/C18H12ClF4N3S/c1-9-10(2)27-17(25-9)26-16(15-4-3-13(19)8-24-15)11-5-12(18(21,22)23)7-14(20)6-11/h3-8H,1-2H3/b26-16-. The number of rotatable bonds is 3. The van der Waals surface area contributed by atoms with Gasteiger partial charge in [0.05, 0.1) is 27.7 Å². The van der Waals surface area contributed by atoms with E-state index in [-0.39, 0.29) is 17.0 Å². The lowest BCUT2D eigenvalue weighted by molar-refractivity contribution is -0.137. The molecule has 1 aromatic carbocycles. The number of aryl methyl sites for hydroxylation is 2. The average molecular weight is 414 g/mol. The minimum absolute atomic E-state index is 0.0531. The number of benzene rings is 1. The van der Waals surface area contributed by atoms with E-state index in [1.807, 2.05) is 6.92 Å². The van der Waals surface area contributed by atoms with Crippen molar-refractivity contribution in [2.45, 2.75) is 20.0 Å². The van der Waals surface area contributed by atoms with Crippen molar-refractivity contribution in [1.82, 2.24) is 9.97 Å². The molecule has 3 aromatic rings. The van der Waals surface area contributed by atoms with E-state index in [0.717, 1.165) is 22.7 Å². The molecule has 0 aliphatic rings. The zero-order valence-electron chi connectivity index (χ0n) is 14.1. The van der Waals surface area contributed by atoms with Gasteiger partial charge in [0, 0.05) is 16.6 Å². The van der Waals surface area contributed by atoms with Gasteiger partial charge in [-0.2, -0.15) is 13.2 Å². The fourth-order valence-electron chi connectivity index (χ4n) is 2.27. The Kier molecular flexibility index (Phi) is 5.30. The topological polar surface area (TPSA) is 38.1 Å². The van der Waals surface area contributed by atoms with Crippen LogP contribution in [0.3, 0.4) is 0 Å². The third-order valence-electron chi connectivity index (χ3n) is 3.69. The Labute approximate surface area is 161 Å². The normalized spacial score (nSPS) is 12.5. The zero-order chi connectivity index (χ0) is 19.8. The van der Waals surface area contributed by atoms with Gasteiger partial charge in [0.1, 0.15) is 5.82 Å². The van der Waals surface area contributed by atoms with E-state index in [4.69, 9.17) is 11.6 Å². The van der Waals surface area contributed by atoms with E-state index in [1.54, 1.807) is 6.92 Å². The maximum absolute atomic E-state index is 13.9. The first-order valence-electron chi connectivity index (χ1n) is 7.66. The van der Waals surface area contributed by atoms with Crippen molar-refractivity contribution in [2.24, 2.45) is 4.99 Å². The molecule has 0 aliphatic heterocycles. The van der Waals surface area contributed by atoms with Crippen LogP contribution < -0.4 is 0 Å². The van der Waals surface area contributed by atoms with Crippen LogP contribution in [0.4, 0.5) is 22.7 Å². The van der Waals surface area contributed by atoms with Crippen LogP contribution in [0, 0.1) is 19.7 Å². The molecule has 0 radical (unpaired) electrons. The molecule has 27 heavy (non-hydrogen) atoms. The number of nitrogens with zero attached hydrogens (tertiary/aromatic N) is 3. The fraction of sp³-hybridized carbons (Fsp3) is 0.167. The number of thiazole rings is 1. The van der Waals surface area contributed by atoms with Crippen molar-refractivity contribution in [3.8, 4) is 0 Å². The van der Waals surface area contributed by atoms with E-state index in [2.05, 4.69) is 15.0 Å². The van der Waals surface area contributed by atoms with Gasteiger partial charge in [-0.1, -0.05) is 22.9 Å². The van der Waals surface area contributed by atoms with E-state index in [9.17, 15) is 17.6 Å². The van der Waals surface area contributed by atoms with Crippen LogP contribution >= 0.6 is 22.9 Å². The third-order valence-corrected chi connectivity index (χ3v) is 4.88. The van der Waals surface area contributed by atoms with Crippen LogP contribution in [0.25, 0.3) is 0 Å². The van der Waals surface area contributed by atoms with Gasteiger partial charge in [-0.3, -0.25) is 4.98 Å². The Morgan fingerprint density at radius 1 is 1.15 bits per heavy atom. The molecule has 3 rings (SSSR count). The Morgan fingerprint density at radius 2 is 1.89 bits per heavy atom. The molecular weight excluding hydrogens is 402 g/mol. The minimum Gasteiger partial charge on any atom is -0.253 e. The van der Waals surface area contributed by atoms with Gasteiger partial charge in [-0.25, -0.2) is 14.4 Å². The number of pyridine rings is 1. The second-order valence-electron chi connectivity index (χ2n) is 5.69. The Hall–Kier alpha value is -2.32. The lowest BCUT2D eigenvalue weighted by Crippen LogP contribution is -2.11. The van der Waals surface area contributed by atoms with Crippen LogP contribution in [0.1, 0.15) is 27.4 Å². The number of alkyl halides is 3. The van der Waals surface area contributed by atoms with Gasteiger partial charge < -0.3 is 0 Å². The summed E-state index contributed by atoms with van der Waals surface area (Å²) in [5, 5.41) is 0.698. The monoisotopic (exact) mass is 413 g/mol. The predicted octanol–water partition coefficient (Wildman–Crippen LogP) is 6.14. The second-order valence-corrected chi connectivity index (χ2v) is 7.30. The summed E-state index contributed by atoms with van der Waals surface area (Å²) < 4.78 is 53.2. The van der Waals surface area contributed by atoms with Gasteiger partial charge >= 0.3 is 6.18 Å². The molecule has 0 amide bonds.